The molecule has 0 amide bonds. The summed E-state index contributed by atoms with van der Waals surface area (Å²) in [6.07, 6.45) is 1.53. The second-order valence-electron chi connectivity index (χ2n) is 5.70. The Balaban J connectivity index is 1.76. The normalized spacial score (nSPS) is 20.7. The number of hydrogen-bond acceptors (Lipinski definition) is 3. The Hall–Kier alpha value is -2.29. The van der Waals surface area contributed by atoms with E-state index in [1.165, 1.54) is 5.56 Å². The zero-order valence-electron chi connectivity index (χ0n) is 12.7. The van der Waals surface area contributed by atoms with E-state index in [-0.39, 0.29) is 17.8 Å². The van der Waals surface area contributed by atoms with Crippen molar-refractivity contribution in [2.45, 2.75) is 12.8 Å². The van der Waals surface area contributed by atoms with Gasteiger partial charge in [0.05, 0.1) is 19.6 Å². The van der Waals surface area contributed by atoms with Crippen LogP contribution < -0.4 is 4.74 Å². The molecule has 1 aliphatic rings. The molecule has 0 unspecified atom stereocenters. The summed E-state index contributed by atoms with van der Waals surface area (Å²) in [4.78, 5) is 12.1. The highest BCUT2D eigenvalue weighted by Crippen LogP contribution is 2.31. The molecular formula is C19H20O3. The number of carbonyl (C=O) groups excluding carboxylic acids is 1. The molecule has 22 heavy (non-hydrogen) atoms. The molecule has 1 heterocycles. The largest absolute Gasteiger partial charge is 0.496 e. The van der Waals surface area contributed by atoms with Gasteiger partial charge in [0.2, 0.25) is 0 Å². The first-order chi connectivity index (χ1) is 10.8. The first-order valence-electron chi connectivity index (χ1n) is 7.60. The molecule has 114 valence electrons. The number of benzene rings is 2. The van der Waals surface area contributed by atoms with E-state index in [2.05, 4.69) is 12.1 Å². The SMILES string of the molecule is COc1ccccc1C[C@H]1C(=O)OC[C@@H]1Cc1ccccc1. The Kier molecular flexibility index (Phi) is 4.42. The molecule has 0 N–H and O–H groups in total. The summed E-state index contributed by atoms with van der Waals surface area (Å²) in [5, 5.41) is 0. The average Bonchev–Trinajstić information content (AvgIpc) is 2.89. The molecule has 1 saturated heterocycles. The van der Waals surface area contributed by atoms with Gasteiger partial charge in [-0.15, -0.1) is 0 Å². The fourth-order valence-corrected chi connectivity index (χ4v) is 3.08. The van der Waals surface area contributed by atoms with Gasteiger partial charge in [0.1, 0.15) is 5.75 Å². The Morgan fingerprint density at radius 3 is 2.55 bits per heavy atom. The van der Waals surface area contributed by atoms with Crippen molar-refractivity contribution in [3.05, 3.63) is 65.7 Å². The third-order valence-electron chi connectivity index (χ3n) is 4.28. The van der Waals surface area contributed by atoms with Crippen LogP contribution in [0.25, 0.3) is 0 Å². The topological polar surface area (TPSA) is 35.5 Å². The minimum Gasteiger partial charge on any atom is -0.496 e. The maximum atomic E-state index is 12.1. The summed E-state index contributed by atoms with van der Waals surface area (Å²) in [5.74, 6) is 0.865. The molecule has 3 nitrogen and oxygen atoms in total. The van der Waals surface area contributed by atoms with Crippen molar-refractivity contribution in [2.24, 2.45) is 11.8 Å². The van der Waals surface area contributed by atoms with Gasteiger partial charge in [0.15, 0.2) is 0 Å². The third-order valence-corrected chi connectivity index (χ3v) is 4.28. The minimum atomic E-state index is -0.100. The van der Waals surface area contributed by atoms with Crippen LogP contribution in [0, 0.1) is 11.8 Å². The first kappa shape index (κ1) is 14.6. The first-order valence-corrected chi connectivity index (χ1v) is 7.60. The van der Waals surface area contributed by atoms with Crippen LogP contribution in [0.4, 0.5) is 0 Å². The predicted octanol–water partition coefficient (Wildman–Crippen LogP) is 3.27. The number of ether oxygens (including phenoxy) is 2. The monoisotopic (exact) mass is 296 g/mol. The Bertz CT molecular complexity index is 636. The van der Waals surface area contributed by atoms with Crippen LogP contribution in [0.5, 0.6) is 5.75 Å². The maximum absolute atomic E-state index is 12.1. The van der Waals surface area contributed by atoms with Crippen molar-refractivity contribution in [1.82, 2.24) is 0 Å². The highest BCUT2D eigenvalue weighted by molar-refractivity contribution is 5.75. The summed E-state index contributed by atoms with van der Waals surface area (Å²) >= 11 is 0. The van der Waals surface area contributed by atoms with Crippen molar-refractivity contribution in [3.63, 3.8) is 0 Å². The van der Waals surface area contributed by atoms with Gasteiger partial charge >= 0.3 is 5.97 Å². The van der Waals surface area contributed by atoms with Crippen LogP contribution >= 0.6 is 0 Å². The highest BCUT2D eigenvalue weighted by atomic mass is 16.5. The lowest BCUT2D eigenvalue weighted by Crippen LogP contribution is -2.21. The molecule has 3 heteroatoms. The van der Waals surface area contributed by atoms with Crippen molar-refractivity contribution in [3.8, 4) is 5.75 Å². The summed E-state index contributed by atoms with van der Waals surface area (Å²) in [7, 11) is 1.66. The molecule has 1 fully saturated rings. The van der Waals surface area contributed by atoms with E-state index in [1.54, 1.807) is 7.11 Å². The molecule has 2 atom stereocenters. The predicted molar refractivity (Wildman–Crippen MR) is 84.8 cm³/mol. The molecule has 0 bridgehead atoms. The number of para-hydroxylation sites is 1. The van der Waals surface area contributed by atoms with Gasteiger partial charge in [-0.2, -0.15) is 0 Å². The number of methoxy groups -OCH3 is 1. The maximum Gasteiger partial charge on any atom is 0.309 e. The molecule has 3 rings (SSSR count). The van der Waals surface area contributed by atoms with Crippen molar-refractivity contribution >= 4 is 5.97 Å². The van der Waals surface area contributed by atoms with Crippen LogP contribution in [0.2, 0.25) is 0 Å². The lowest BCUT2D eigenvalue weighted by atomic mass is 9.85. The van der Waals surface area contributed by atoms with Crippen LogP contribution in [0.1, 0.15) is 11.1 Å². The van der Waals surface area contributed by atoms with Crippen LogP contribution in [0.3, 0.4) is 0 Å². The molecule has 0 saturated carbocycles. The lowest BCUT2D eigenvalue weighted by molar-refractivity contribution is -0.141. The van der Waals surface area contributed by atoms with E-state index < -0.39 is 0 Å². The molecule has 0 spiro atoms. The summed E-state index contributed by atoms with van der Waals surface area (Å²) in [6.45, 7) is 0.507. The van der Waals surface area contributed by atoms with Crippen LogP contribution in [-0.4, -0.2) is 19.7 Å². The number of cyclic esters (lactones) is 1. The standard InChI is InChI=1S/C19H20O3/c1-21-18-10-6-5-9-15(18)12-17-16(13-22-19(17)20)11-14-7-3-2-4-8-14/h2-10,16-17H,11-13H2,1H3/t16-,17+/m0/s1. The van der Waals surface area contributed by atoms with Gasteiger partial charge in [-0.25, -0.2) is 0 Å². The fraction of sp³-hybridized carbons (Fsp3) is 0.316. The second-order valence-corrected chi connectivity index (χ2v) is 5.70. The Morgan fingerprint density at radius 1 is 1.05 bits per heavy atom. The average molecular weight is 296 g/mol. The summed E-state index contributed by atoms with van der Waals surface area (Å²) < 4.78 is 10.7. The molecule has 0 aliphatic carbocycles. The fourth-order valence-electron chi connectivity index (χ4n) is 3.08. The van der Waals surface area contributed by atoms with Gasteiger partial charge in [-0.05, 0) is 30.0 Å². The summed E-state index contributed by atoms with van der Waals surface area (Å²) in [6, 6.07) is 18.1. The molecular weight excluding hydrogens is 276 g/mol. The molecule has 0 radical (unpaired) electrons. The molecule has 1 aliphatic heterocycles. The Labute approximate surface area is 130 Å². The van der Waals surface area contributed by atoms with E-state index in [0.717, 1.165) is 17.7 Å². The number of hydrogen-bond donors (Lipinski definition) is 0. The smallest absolute Gasteiger partial charge is 0.309 e. The zero-order valence-corrected chi connectivity index (χ0v) is 12.7. The van der Waals surface area contributed by atoms with Gasteiger partial charge in [-0.1, -0.05) is 48.5 Å². The van der Waals surface area contributed by atoms with E-state index in [4.69, 9.17) is 9.47 Å². The van der Waals surface area contributed by atoms with Crippen LogP contribution in [0.15, 0.2) is 54.6 Å². The van der Waals surface area contributed by atoms with E-state index >= 15 is 0 Å². The molecule has 2 aromatic carbocycles. The summed E-state index contributed by atoms with van der Waals surface area (Å²) in [5.41, 5.74) is 2.31. The number of esters is 1. The van der Waals surface area contributed by atoms with Gasteiger partial charge < -0.3 is 9.47 Å². The third kappa shape index (κ3) is 3.14. The molecule has 0 aromatic heterocycles. The zero-order chi connectivity index (χ0) is 15.4. The van der Waals surface area contributed by atoms with Crippen LogP contribution in [-0.2, 0) is 22.4 Å². The van der Waals surface area contributed by atoms with E-state index in [1.807, 2.05) is 42.5 Å². The highest BCUT2D eigenvalue weighted by Gasteiger charge is 2.37. The lowest BCUT2D eigenvalue weighted by Gasteiger charge is -2.16. The van der Waals surface area contributed by atoms with Gasteiger partial charge in [0, 0.05) is 5.92 Å². The van der Waals surface area contributed by atoms with Crippen molar-refractivity contribution in [2.75, 3.05) is 13.7 Å². The van der Waals surface area contributed by atoms with E-state index in [9.17, 15) is 4.79 Å². The van der Waals surface area contributed by atoms with E-state index in [0.29, 0.717) is 13.0 Å². The van der Waals surface area contributed by atoms with Gasteiger partial charge in [0.25, 0.3) is 0 Å². The van der Waals surface area contributed by atoms with Gasteiger partial charge in [-0.3, -0.25) is 4.79 Å². The van der Waals surface area contributed by atoms with Crippen molar-refractivity contribution < 1.29 is 14.3 Å². The molecule has 2 aromatic rings. The number of rotatable bonds is 5. The quantitative estimate of drug-likeness (QED) is 0.794. The number of carbonyl (C=O) groups is 1. The minimum absolute atomic E-state index is 0.0909. The van der Waals surface area contributed by atoms with Crippen molar-refractivity contribution in [1.29, 1.82) is 0 Å². The Morgan fingerprint density at radius 2 is 1.77 bits per heavy atom. The second kappa shape index (κ2) is 6.65.